The van der Waals surface area contributed by atoms with Crippen LogP contribution in [0.25, 0.3) is 0 Å². The molecule has 0 spiro atoms. The predicted molar refractivity (Wildman–Crippen MR) is 118 cm³/mol. The number of rotatable bonds is 8. The van der Waals surface area contributed by atoms with Crippen molar-refractivity contribution in [2.24, 2.45) is 4.99 Å². The Morgan fingerprint density at radius 2 is 2.08 bits per heavy atom. The second-order valence-corrected chi connectivity index (χ2v) is 7.79. The SMILES string of the molecule is CCNC(=NCC(C)(C)OC)NCC(c1cccs1)N1CCCC1.I. The van der Waals surface area contributed by atoms with Gasteiger partial charge < -0.3 is 15.4 Å². The van der Waals surface area contributed by atoms with Crippen molar-refractivity contribution in [1.29, 1.82) is 0 Å². The number of nitrogens with zero attached hydrogens (tertiary/aromatic N) is 2. The van der Waals surface area contributed by atoms with Crippen molar-refractivity contribution in [3.63, 3.8) is 0 Å². The lowest BCUT2D eigenvalue weighted by Crippen LogP contribution is -2.43. The number of methoxy groups -OCH3 is 1. The van der Waals surface area contributed by atoms with Gasteiger partial charge in [-0.25, -0.2) is 0 Å². The summed E-state index contributed by atoms with van der Waals surface area (Å²) in [6, 6.07) is 4.81. The molecule has 2 N–H and O–H groups in total. The first-order valence-corrected chi connectivity index (χ1v) is 9.78. The molecule has 1 fully saturated rings. The number of hydrogen-bond acceptors (Lipinski definition) is 4. The minimum atomic E-state index is -0.246. The van der Waals surface area contributed by atoms with Gasteiger partial charge in [-0.1, -0.05) is 6.07 Å². The van der Waals surface area contributed by atoms with Gasteiger partial charge in [-0.2, -0.15) is 0 Å². The highest BCUT2D eigenvalue weighted by Crippen LogP contribution is 2.27. The number of thiophene rings is 1. The zero-order valence-corrected chi connectivity index (χ0v) is 19.0. The molecule has 1 unspecified atom stereocenters. The maximum Gasteiger partial charge on any atom is 0.191 e. The maximum atomic E-state index is 5.46. The van der Waals surface area contributed by atoms with Crippen LogP contribution >= 0.6 is 35.3 Å². The average Bonchev–Trinajstić information content (AvgIpc) is 3.27. The Balaban J connectivity index is 0.00000312. The standard InChI is InChI=1S/C18H32N4OS.HI/c1-5-19-17(21-14-18(2,3)23-4)20-13-15(16-9-8-12-24-16)22-10-6-7-11-22;/h8-9,12,15H,5-7,10-11,13-14H2,1-4H3,(H2,19,20,21);1H. The molecule has 1 atom stereocenters. The van der Waals surface area contributed by atoms with E-state index in [0.29, 0.717) is 12.6 Å². The van der Waals surface area contributed by atoms with Crippen LogP contribution in [-0.2, 0) is 4.74 Å². The van der Waals surface area contributed by atoms with Gasteiger partial charge in [0.1, 0.15) is 0 Å². The van der Waals surface area contributed by atoms with Crippen LogP contribution in [-0.4, -0.2) is 56.3 Å². The smallest absolute Gasteiger partial charge is 0.191 e. The Morgan fingerprint density at radius 1 is 1.36 bits per heavy atom. The van der Waals surface area contributed by atoms with Crippen LogP contribution in [0.4, 0.5) is 0 Å². The zero-order chi connectivity index (χ0) is 17.4. The molecule has 144 valence electrons. The molecular weight excluding hydrogens is 447 g/mol. The summed E-state index contributed by atoms with van der Waals surface area (Å²) in [4.78, 5) is 8.70. The van der Waals surface area contributed by atoms with Gasteiger partial charge in [-0.05, 0) is 58.1 Å². The normalized spacial score (nSPS) is 17.2. The van der Waals surface area contributed by atoms with E-state index in [9.17, 15) is 0 Å². The van der Waals surface area contributed by atoms with Gasteiger partial charge in [0.2, 0.25) is 0 Å². The minimum Gasteiger partial charge on any atom is -0.377 e. The fourth-order valence-electron chi connectivity index (χ4n) is 2.81. The van der Waals surface area contributed by atoms with Gasteiger partial charge in [0.15, 0.2) is 5.96 Å². The van der Waals surface area contributed by atoms with E-state index < -0.39 is 0 Å². The van der Waals surface area contributed by atoms with Crippen molar-refractivity contribution in [2.45, 2.75) is 45.3 Å². The number of aliphatic imine (C=N–C) groups is 1. The van der Waals surface area contributed by atoms with Gasteiger partial charge in [0.25, 0.3) is 0 Å². The summed E-state index contributed by atoms with van der Waals surface area (Å²) in [5.74, 6) is 0.864. The molecule has 1 aliphatic heterocycles. The summed E-state index contributed by atoms with van der Waals surface area (Å²) in [7, 11) is 1.73. The van der Waals surface area contributed by atoms with E-state index >= 15 is 0 Å². The van der Waals surface area contributed by atoms with Crippen LogP contribution < -0.4 is 10.6 Å². The Hall–Kier alpha value is -0.380. The molecular formula is C18H33IN4OS. The van der Waals surface area contributed by atoms with E-state index in [0.717, 1.165) is 19.0 Å². The van der Waals surface area contributed by atoms with E-state index in [2.05, 4.69) is 53.8 Å². The minimum absolute atomic E-state index is 0. The number of likely N-dealkylation sites (tertiary alicyclic amines) is 1. The first kappa shape index (κ1) is 22.7. The highest BCUT2D eigenvalue weighted by molar-refractivity contribution is 14.0. The molecule has 1 aromatic rings. The average molecular weight is 480 g/mol. The molecule has 5 nitrogen and oxygen atoms in total. The molecule has 0 radical (unpaired) electrons. The fourth-order valence-corrected chi connectivity index (χ4v) is 3.67. The quantitative estimate of drug-likeness (QED) is 0.340. The highest BCUT2D eigenvalue weighted by Gasteiger charge is 2.24. The second-order valence-electron chi connectivity index (χ2n) is 6.81. The van der Waals surface area contributed by atoms with E-state index in [4.69, 9.17) is 9.73 Å². The van der Waals surface area contributed by atoms with Crippen molar-refractivity contribution in [3.05, 3.63) is 22.4 Å². The third kappa shape index (κ3) is 7.40. The lowest BCUT2D eigenvalue weighted by molar-refractivity contribution is 0.0310. The lowest BCUT2D eigenvalue weighted by atomic mass is 10.1. The van der Waals surface area contributed by atoms with E-state index in [1.54, 1.807) is 7.11 Å². The predicted octanol–water partition coefficient (Wildman–Crippen LogP) is 3.48. The first-order chi connectivity index (χ1) is 11.6. The van der Waals surface area contributed by atoms with Crippen LogP contribution in [0.2, 0.25) is 0 Å². The maximum absolute atomic E-state index is 5.46. The van der Waals surface area contributed by atoms with E-state index in [1.807, 2.05) is 11.3 Å². The topological polar surface area (TPSA) is 48.9 Å². The van der Waals surface area contributed by atoms with Crippen molar-refractivity contribution in [2.75, 3.05) is 39.8 Å². The Labute approximate surface area is 173 Å². The lowest BCUT2D eigenvalue weighted by Gasteiger charge is -2.28. The molecule has 7 heteroatoms. The largest absolute Gasteiger partial charge is 0.377 e. The second kappa shape index (κ2) is 11.4. The fraction of sp³-hybridized carbons (Fsp3) is 0.722. The Morgan fingerprint density at radius 3 is 2.64 bits per heavy atom. The summed E-state index contributed by atoms with van der Waals surface area (Å²) >= 11 is 1.84. The van der Waals surface area contributed by atoms with Crippen LogP contribution in [0.5, 0.6) is 0 Å². The van der Waals surface area contributed by atoms with Crippen molar-refractivity contribution in [3.8, 4) is 0 Å². The van der Waals surface area contributed by atoms with Crippen LogP contribution in [0.15, 0.2) is 22.5 Å². The molecule has 1 aliphatic rings. The first-order valence-electron chi connectivity index (χ1n) is 8.90. The molecule has 25 heavy (non-hydrogen) atoms. The molecule has 0 saturated carbocycles. The Bertz CT molecular complexity index is 501. The number of ether oxygens (including phenoxy) is 1. The number of hydrogen-bond donors (Lipinski definition) is 2. The third-order valence-corrected chi connectivity index (χ3v) is 5.40. The Kier molecular flexibility index (Phi) is 10.3. The molecule has 1 aromatic heterocycles. The molecule has 2 heterocycles. The van der Waals surface area contributed by atoms with Gasteiger partial charge in [0.05, 0.1) is 18.2 Å². The van der Waals surface area contributed by atoms with Crippen molar-refractivity contribution < 1.29 is 4.74 Å². The van der Waals surface area contributed by atoms with Gasteiger partial charge in [-0.3, -0.25) is 9.89 Å². The van der Waals surface area contributed by atoms with Gasteiger partial charge >= 0.3 is 0 Å². The summed E-state index contributed by atoms with van der Waals surface area (Å²) < 4.78 is 5.46. The van der Waals surface area contributed by atoms with Crippen LogP contribution in [0.3, 0.4) is 0 Å². The summed E-state index contributed by atoms with van der Waals surface area (Å²) in [5, 5.41) is 9.04. The molecule has 0 bridgehead atoms. The van der Waals surface area contributed by atoms with E-state index in [-0.39, 0.29) is 29.6 Å². The number of nitrogens with one attached hydrogen (secondary N) is 2. The summed E-state index contributed by atoms with van der Waals surface area (Å²) in [6.45, 7) is 10.9. The van der Waals surface area contributed by atoms with Crippen LogP contribution in [0, 0.1) is 0 Å². The molecule has 0 aliphatic carbocycles. The van der Waals surface area contributed by atoms with Crippen LogP contribution in [0.1, 0.15) is 44.5 Å². The summed E-state index contributed by atoms with van der Waals surface area (Å²) in [6.07, 6.45) is 2.61. The molecule has 1 saturated heterocycles. The molecule has 2 rings (SSSR count). The molecule has 0 amide bonds. The van der Waals surface area contributed by atoms with Crippen molar-refractivity contribution in [1.82, 2.24) is 15.5 Å². The monoisotopic (exact) mass is 480 g/mol. The number of guanidine groups is 1. The third-order valence-electron chi connectivity index (χ3n) is 4.43. The number of halogens is 1. The van der Waals surface area contributed by atoms with Gasteiger partial charge in [-0.15, -0.1) is 35.3 Å². The zero-order valence-electron chi connectivity index (χ0n) is 15.9. The van der Waals surface area contributed by atoms with Gasteiger partial charge in [0, 0.05) is 25.1 Å². The highest BCUT2D eigenvalue weighted by atomic mass is 127. The van der Waals surface area contributed by atoms with E-state index in [1.165, 1.54) is 30.8 Å². The molecule has 0 aromatic carbocycles. The van der Waals surface area contributed by atoms with Crippen molar-refractivity contribution >= 4 is 41.3 Å². The summed E-state index contributed by atoms with van der Waals surface area (Å²) in [5.41, 5.74) is -0.246.